The zero-order valence-corrected chi connectivity index (χ0v) is 10.3. The molecule has 2 atom stereocenters. The number of nitrogens with one attached hydrogen (secondary N) is 1. The third-order valence-electron chi connectivity index (χ3n) is 3.17. The highest BCUT2D eigenvalue weighted by Crippen LogP contribution is 2.27. The van der Waals surface area contributed by atoms with Gasteiger partial charge in [0.2, 0.25) is 5.88 Å². The Hall–Kier alpha value is -1.49. The van der Waals surface area contributed by atoms with Crippen molar-refractivity contribution in [1.29, 1.82) is 0 Å². The number of pyridine rings is 1. The molecule has 1 fully saturated rings. The second-order valence-corrected chi connectivity index (χ2v) is 4.30. The molecule has 5 nitrogen and oxygen atoms in total. The number of methoxy groups -OCH3 is 2. The average molecular weight is 237 g/mol. The lowest BCUT2D eigenvalue weighted by Crippen LogP contribution is -2.19. The summed E-state index contributed by atoms with van der Waals surface area (Å²) >= 11 is 0. The van der Waals surface area contributed by atoms with Crippen molar-refractivity contribution >= 4 is 11.5 Å². The van der Waals surface area contributed by atoms with Gasteiger partial charge >= 0.3 is 0 Å². The fraction of sp³-hybridized carbons (Fsp3) is 0.583. The van der Waals surface area contributed by atoms with E-state index in [-0.39, 0.29) is 0 Å². The molecule has 2 unspecified atom stereocenters. The lowest BCUT2D eigenvalue weighted by Gasteiger charge is -2.15. The molecule has 1 aliphatic carbocycles. The van der Waals surface area contributed by atoms with E-state index in [2.05, 4.69) is 10.3 Å². The first-order chi connectivity index (χ1) is 8.22. The SMILES string of the molecule is COc1ccc(N)c(NC2CCC(OC)C2)n1. The van der Waals surface area contributed by atoms with Gasteiger partial charge in [-0.2, -0.15) is 4.98 Å². The standard InChI is InChI=1S/C12H19N3O2/c1-16-9-4-3-8(7-9)14-12-10(13)5-6-11(15-12)17-2/h5-6,8-9H,3-4,7,13H2,1-2H3,(H,14,15). The number of aromatic nitrogens is 1. The zero-order valence-electron chi connectivity index (χ0n) is 10.3. The summed E-state index contributed by atoms with van der Waals surface area (Å²) in [5.41, 5.74) is 6.52. The highest BCUT2D eigenvalue weighted by atomic mass is 16.5. The summed E-state index contributed by atoms with van der Waals surface area (Å²) in [6.07, 6.45) is 3.50. The van der Waals surface area contributed by atoms with Gasteiger partial charge in [0, 0.05) is 19.2 Å². The van der Waals surface area contributed by atoms with Crippen molar-refractivity contribution in [3.63, 3.8) is 0 Å². The molecule has 94 valence electrons. The normalized spacial score (nSPS) is 23.6. The summed E-state index contributed by atoms with van der Waals surface area (Å²) in [7, 11) is 3.35. The summed E-state index contributed by atoms with van der Waals surface area (Å²) in [4.78, 5) is 4.31. The van der Waals surface area contributed by atoms with Gasteiger partial charge in [-0.3, -0.25) is 0 Å². The second-order valence-electron chi connectivity index (χ2n) is 4.30. The predicted molar refractivity (Wildman–Crippen MR) is 67.3 cm³/mol. The van der Waals surface area contributed by atoms with Gasteiger partial charge in [0.25, 0.3) is 0 Å². The number of nitrogens with two attached hydrogens (primary N) is 1. The largest absolute Gasteiger partial charge is 0.481 e. The van der Waals surface area contributed by atoms with E-state index in [0.29, 0.717) is 29.5 Å². The van der Waals surface area contributed by atoms with Gasteiger partial charge in [0.1, 0.15) is 0 Å². The first kappa shape index (κ1) is 12.0. The van der Waals surface area contributed by atoms with Crippen LogP contribution in [-0.2, 0) is 4.74 Å². The molecule has 3 N–H and O–H groups in total. The number of hydrogen-bond donors (Lipinski definition) is 2. The molecule has 1 aliphatic rings. The quantitative estimate of drug-likeness (QED) is 0.833. The van der Waals surface area contributed by atoms with Crippen LogP contribution in [0.15, 0.2) is 12.1 Å². The molecule has 0 radical (unpaired) electrons. The number of nitrogens with zero attached hydrogens (tertiary/aromatic N) is 1. The minimum Gasteiger partial charge on any atom is -0.481 e. The Morgan fingerprint density at radius 1 is 1.35 bits per heavy atom. The minimum atomic E-state index is 0.347. The number of ether oxygens (including phenoxy) is 2. The Balaban J connectivity index is 2.03. The molecule has 0 aromatic carbocycles. The molecule has 2 rings (SSSR count). The fourth-order valence-electron chi connectivity index (χ4n) is 2.16. The molecular formula is C12H19N3O2. The molecule has 1 heterocycles. The van der Waals surface area contributed by atoms with Crippen LogP contribution in [0.5, 0.6) is 5.88 Å². The van der Waals surface area contributed by atoms with Crippen LogP contribution in [0, 0.1) is 0 Å². The summed E-state index contributed by atoms with van der Waals surface area (Å²) in [6.45, 7) is 0. The Labute approximate surface area is 101 Å². The monoisotopic (exact) mass is 237 g/mol. The third kappa shape index (κ3) is 2.79. The van der Waals surface area contributed by atoms with Crippen LogP contribution in [0.3, 0.4) is 0 Å². The van der Waals surface area contributed by atoms with E-state index in [1.54, 1.807) is 26.4 Å². The van der Waals surface area contributed by atoms with Crippen LogP contribution < -0.4 is 15.8 Å². The number of rotatable bonds is 4. The molecule has 17 heavy (non-hydrogen) atoms. The smallest absolute Gasteiger partial charge is 0.215 e. The highest BCUT2D eigenvalue weighted by molar-refractivity contribution is 5.62. The predicted octanol–water partition coefficient (Wildman–Crippen LogP) is 1.65. The molecular weight excluding hydrogens is 218 g/mol. The maximum absolute atomic E-state index is 5.88. The van der Waals surface area contributed by atoms with E-state index in [4.69, 9.17) is 15.2 Å². The van der Waals surface area contributed by atoms with Crippen molar-refractivity contribution < 1.29 is 9.47 Å². The van der Waals surface area contributed by atoms with Crippen LogP contribution in [0.2, 0.25) is 0 Å². The topological polar surface area (TPSA) is 69.4 Å². The number of anilines is 2. The maximum atomic E-state index is 5.88. The van der Waals surface area contributed by atoms with Gasteiger partial charge in [-0.15, -0.1) is 0 Å². The van der Waals surface area contributed by atoms with Gasteiger partial charge in [-0.1, -0.05) is 0 Å². The van der Waals surface area contributed by atoms with Gasteiger partial charge in [-0.05, 0) is 25.3 Å². The summed E-state index contributed by atoms with van der Waals surface area (Å²) in [6, 6.07) is 3.94. The second kappa shape index (κ2) is 5.23. The first-order valence-electron chi connectivity index (χ1n) is 5.82. The molecule has 0 saturated heterocycles. The van der Waals surface area contributed by atoms with Gasteiger partial charge in [-0.25, -0.2) is 0 Å². The lowest BCUT2D eigenvalue weighted by molar-refractivity contribution is 0.108. The van der Waals surface area contributed by atoms with Crippen molar-refractivity contribution in [3.05, 3.63) is 12.1 Å². The Bertz CT molecular complexity index is 384. The molecule has 0 amide bonds. The summed E-state index contributed by atoms with van der Waals surface area (Å²) < 4.78 is 10.4. The van der Waals surface area contributed by atoms with Crippen molar-refractivity contribution in [2.45, 2.75) is 31.4 Å². The molecule has 1 saturated carbocycles. The number of nitrogen functional groups attached to an aromatic ring is 1. The van der Waals surface area contributed by atoms with Crippen molar-refractivity contribution in [1.82, 2.24) is 4.98 Å². The molecule has 1 aromatic heterocycles. The number of hydrogen-bond acceptors (Lipinski definition) is 5. The fourth-order valence-corrected chi connectivity index (χ4v) is 2.16. The average Bonchev–Trinajstić information content (AvgIpc) is 2.80. The molecule has 5 heteroatoms. The van der Waals surface area contributed by atoms with Crippen LogP contribution in [-0.4, -0.2) is 31.3 Å². The molecule has 0 aliphatic heterocycles. The summed E-state index contributed by atoms with van der Waals surface area (Å²) in [5, 5.41) is 3.35. The van der Waals surface area contributed by atoms with Crippen molar-refractivity contribution in [2.75, 3.05) is 25.3 Å². The third-order valence-corrected chi connectivity index (χ3v) is 3.17. The van der Waals surface area contributed by atoms with E-state index in [1.807, 2.05) is 0 Å². The van der Waals surface area contributed by atoms with Gasteiger partial charge in [0.15, 0.2) is 5.82 Å². The van der Waals surface area contributed by atoms with E-state index in [1.165, 1.54) is 0 Å². The zero-order chi connectivity index (χ0) is 12.3. The van der Waals surface area contributed by atoms with Gasteiger partial charge in [0.05, 0.1) is 18.9 Å². The van der Waals surface area contributed by atoms with E-state index in [0.717, 1.165) is 19.3 Å². The maximum Gasteiger partial charge on any atom is 0.215 e. The van der Waals surface area contributed by atoms with Crippen molar-refractivity contribution in [2.24, 2.45) is 0 Å². The first-order valence-corrected chi connectivity index (χ1v) is 5.82. The highest BCUT2D eigenvalue weighted by Gasteiger charge is 2.25. The Morgan fingerprint density at radius 3 is 2.82 bits per heavy atom. The van der Waals surface area contributed by atoms with E-state index >= 15 is 0 Å². The molecule has 0 bridgehead atoms. The van der Waals surface area contributed by atoms with Crippen molar-refractivity contribution in [3.8, 4) is 5.88 Å². The van der Waals surface area contributed by atoms with Crippen LogP contribution in [0.25, 0.3) is 0 Å². The van der Waals surface area contributed by atoms with Gasteiger partial charge < -0.3 is 20.5 Å². The van der Waals surface area contributed by atoms with Crippen LogP contribution in [0.4, 0.5) is 11.5 Å². The molecule has 0 spiro atoms. The van der Waals surface area contributed by atoms with Crippen LogP contribution in [0.1, 0.15) is 19.3 Å². The van der Waals surface area contributed by atoms with E-state index in [9.17, 15) is 0 Å². The summed E-state index contributed by atoms with van der Waals surface area (Å²) in [5.74, 6) is 1.27. The van der Waals surface area contributed by atoms with E-state index < -0.39 is 0 Å². The minimum absolute atomic E-state index is 0.347. The Morgan fingerprint density at radius 2 is 2.18 bits per heavy atom. The lowest BCUT2D eigenvalue weighted by atomic mass is 10.2. The Kier molecular flexibility index (Phi) is 3.68. The van der Waals surface area contributed by atoms with Crippen LogP contribution >= 0.6 is 0 Å². The molecule has 1 aromatic rings.